The summed E-state index contributed by atoms with van der Waals surface area (Å²) < 4.78 is 5.39. The zero-order valence-corrected chi connectivity index (χ0v) is 18.4. The van der Waals surface area contributed by atoms with Crippen molar-refractivity contribution in [3.8, 4) is 0 Å². The summed E-state index contributed by atoms with van der Waals surface area (Å²) in [6.07, 6.45) is 21.3. The number of aliphatic carboxylic acids is 1. The minimum atomic E-state index is -0.899. The first kappa shape index (κ1) is 26.7. The van der Waals surface area contributed by atoms with Crippen LogP contribution >= 0.6 is 0 Å². The monoisotopic (exact) mass is 396 g/mol. The summed E-state index contributed by atoms with van der Waals surface area (Å²) in [5, 5.41) is 8.96. The molecule has 1 unspecified atom stereocenters. The van der Waals surface area contributed by atoms with Crippen LogP contribution in [0.2, 0.25) is 0 Å². The van der Waals surface area contributed by atoms with E-state index in [-0.39, 0.29) is 12.4 Å². The smallest absolute Gasteiger partial charge is 0.307 e. The second kappa shape index (κ2) is 20.4. The van der Waals surface area contributed by atoms with Gasteiger partial charge in [0.1, 0.15) is 6.10 Å². The molecule has 0 aromatic carbocycles. The molecule has 0 spiro atoms. The van der Waals surface area contributed by atoms with Crippen LogP contribution in [0.4, 0.5) is 0 Å². The third kappa shape index (κ3) is 19.4. The molecule has 1 atom stereocenters. The summed E-state index contributed by atoms with van der Waals surface area (Å²) in [6, 6.07) is 0. The Balaban J connectivity index is 3.63. The van der Waals surface area contributed by atoms with E-state index < -0.39 is 12.1 Å². The highest BCUT2D eigenvalue weighted by molar-refractivity contribution is 5.71. The van der Waals surface area contributed by atoms with E-state index in [9.17, 15) is 9.59 Å². The summed E-state index contributed by atoms with van der Waals surface area (Å²) >= 11 is 0. The Morgan fingerprint density at radius 1 is 0.786 bits per heavy atom. The van der Waals surface area contributed by atoms with Crippen LogP contribution in [-0.2, 0) is 14.3 Å². The number of allylic oxidation sites excluding steroid dienone is 2. The molecule has 0 saturated heterocycles. The topological polar surface area (TPSA) is 63.6 Å². The molecule has 4 nitrogen and oxygen atoms in total. The number of hydrogen-bond donors (Lipinski definition) is 1. The maximum atomic E-state index is 11.9. The average molecular weight is 397 g/mol. The first-order valence-electron chi connectivity index (χ1n) is 11.7. The molecule has 0 aliphatic heterocycles. The van der Waals surface area contributed by atoms with Crippen molar-refractivity contribution in [1.29, 1.82) is 0 Å². The molecule has 1 N–H and O–H groups in total. The van der Waals surface area contributed by atoms with Gasteiger partial charge < -0.3 is 9.84 Å². The van der Waals surface area contributed by atoms with Crippen molar-refractivity contribution < 1.29 is 19.4 Å². The summed E-state index contributed by atoms with van der Waals surface area (Å²) in [7, 11) is 0. The third-order valence-corrected chi connectivity index (χ3v) is 4.97. The molecule has 0 saturated carbocycles. The van der Waals surface area contributed by atoms with Crippen LogP contribution in [0.25, 0.3) is 0 Å². The first-order chi connectivity index (χ1) is 13.6. The van der Waals surface area contributed by atoms with Gasteiger partial charge in [0.15, 0.2) is 0 Å². The maximum Gasteiger partial charge on any atom is 0.307 e. The molecule has 0 aromatic rings. The van der Waals surface area contributed by atoms with Gasteiger partial charge in [0.05, 0.1) is 6.42 Å². The minimum absolute atomic E-state index is 0.0818. The van der Waals surface area contributed by atoms with E-state index in [2.05, 4.69) is 26.0 Å². The van der Waals surface area contributed by atoms with Gasteiger partial charge in [0.25, 0.3) is 0 Å². The Kier molecular flexibility index (Phi) is 19.5. The molecule has 0 aliphatic carbocycles. The van der Waals surface area contributed by atoms with Crippen molar-refractivity contribution in [3.05, 3.63) is 12.2 Å². The number of unbranched alkanes of at least 4 members (excludes halogenated alkanes) is 11. The highest BCUT2D eigenvalue weighted by Crippen LogP contribution is 2.14. The lowest BCUT2D eigenvalue weighted by molar-refractivity contribution is -0.153. The van der Waals surface area contributed by atoms with Crippen molar-refractivity contribution >= 4 is 11.9 Å². The highest BCUT2D eigenvalue weighted by Gasteiger charge is 2.17. The van der Waals surface area contributed by atoms with Crippen LogP contribution in [0.5, 0.6) is 0 Å². The van der Waals surface area contributed by atoms with E-state index in [0.717, 1.165) is 44.9 Å². The van der Waals surface area contributed by atoms with Crippen LogP contribution in [0.3, 0.4) is 0 Å². The second-order valence-corrected chi connectivity index (χ2v) is 7.83. The van der Waals surface area contributed by atoms with Crippen LogP contribution in [0.1, 0.15) is 123 Å². The first-order valence-corrected chi connectivity index (χ1v) is 11.7. The average Bonchev–Trinajstić information content (AvgIpc) is 2.65. The summed E-state index contributed by atoms with van der Waals surface area (Å²) in [5.74, 6) is -1.14. The van der Waals surface area contributed by atoms with Gasteiger partial charge in [-0.05, 0) is 44.9 Å². The van der Waals surface area contributed by atoms with Crippen molar-refractivity contribution in [2.45, 2.75) is 129 Å². The molecule has 0 amide bonds. The van der Waals surface area contributed by atoms with Gasteiger partial charge in [-0.25, -0.2) is 0 Å². The molecule has 0 aliphatic rings. The normalized spacial score (nSPS) is 12.4. The van der Waals surface area contributed by atoms with E-state index in [0.29, 0.717) is 12.8 Å². The number of carbonyl (C=O) groups is 2. The van der Waals surface area contributed by atoms with Crippen LogP contribution in [0, 0.1) is 0 Å². The second-order valence-electron chi connectivity index (χ2n) is 7.83. The van der Waals surface area contributed by atoms with Crippen molar-refractivity contribution in [1.82, 2.24) is 0 Å². The number of rotatable bonds is 20. The Labute approximate surface area is 173 Å². The Bertz CT molecular complexity index is 403. The van der Waals surface area contributed by atoms with E-state index >= 15 is 0 Å². The molecular weight excluding hydrogens is 352 g/mol. The maximum absolute atomic E-state index is 11.9. The van der Waals surface area contributed by atoms with Gasteiger partial charge in [-0.15, -0.1) is 0 Å². The van der Waals surface area contributed by atoms with E-state index in [4.69, 9.17) is 9.84 Å². The van der Waals surface area contributed by atoms with Crippen molar-refractivity contribution in [2.24, 2.45) is 0 Å². The van der Waals surface area contributed by atoms with Gasteiger partial charge in [-0.3, -0.25) is 9.59 Å². The number of carbonyl (C=O) groups excluding carboxylic acids is 1. The van der Waals surface area contributed by atoms with E-state index in [1.54, 1.807) is 0 Å². The molecular formula is C24H44O4. The van der Waals surface area contributed by atoms with Gasteiger partial charge in [0, 0.05) is 6.42 Å². The number of hydrogen-bond acceptors (Lipinski definition) is 3. The van der Waals surface area contributed by atoms with Gasteiger partial charge >= 0.3 is 11.9 Å². The van der Waals surface area contributed by atoms with Crippen molar-refractivity contribution in [3.63, 3.8) is 0 Å². The zero-order chi connectivity index (χ0) is 20.9. The molecule has 4 heteroatoms. The van der Waals surface area contributed by atoms with E-state index in [1.807, 2.05) is 0 Å². The lowest BCUT2D eigenvalue weighted by Crippen LogP contribution is -2.21. The lowest BCUT2D eigenvalue weighted by atomic mass is 10.1. The Hall–Kier alpha value is -1.32. The fraction of sp³-hybridized carbons (Fsp3) is 0.833. The fourth-order valence-electron chi connectivity index (χ4n) is 3.25. The molecule has 0 aromatic heterocycles. The predicted molar refractivity (Wildman–Crippen MR) is 116 cm³/mol. The van der Waals surface area contributed by atoms with Crippen LogP contribution in [-0.4, -0.2) is 23.1 Å². The summed E-state index contributed by atoms with van der Waals surface area (Å²) in [5.41, 5.74) is 0. The molecule has 28 heavy (non-hydrogen) atoms. The lowest BCUT2D eigenvalue weighted by Gasteiger charge is -2.16. The Morgan fingerprint density at radius 3 is 1.93 bits per heavy atom. The minimum Gasteiger partial charge on any atom is -0.481 e. The molecule has 0 radical (unpaired) electrons. The molecule has 164 valence electrons. The summed E-state index contributed by atoms with van der Waals surface area (Å²) in [6.45, 7) is 4.34. The SMILES string of the molecule is CCCCCC/C=C\CCCCCCCC(=O)OC(CCCCC)CC(=O)O. The number of ether oxygens (including phenoxy) is 1. The Morgan fingerprint density at radius 2 is 1.32 bits per heavy atom. The van der Waals surface area contributed by atoms with Gasteiger partial charge in [-0.2, -0.15) is 0 Å². The van der Waals surface area contributed by atoms with Crippen LogP contribution < -0.4 is 0 Å². The summed E-state index contributed by atoms with van der Waals surface area (Å²) in [4.78, 5) is 22.9. The number of carboxylic acids is 1. The standard InChI is InChI=1S/C24H44O4/c1-3-5-7-8-9-10-11-12-13-14-15-16-18-20-24(27)28-22(21-23(25)26)19-17-6-4-2/h10-11,22H,3-9,12-21H2,1-2H3,(H,25,26)/b11-10-. The molecule has 0 bridgehead atoms. The van der Waals surface area contributed by atoms with Gasteiger partial charge in [0.2, 0.25) is 0 Å². The largest absolute Gasteiger partial charge is 0.481 e. The predicted octanol–water partition coefficient (Wildman–Crippen LogP) is 7.21. The van der Waals surface area contributed by atoms with Gasteiger partial charge in [-0.1, -0.05) is 77.4 Å². The molecule has 0 rings (SSSR count). The third-order valence-electron chi connectivity index (χ3n) is 4.97. The number of carboxylic acid groups (broad SMARTS) is 1. The quantitative estimate of drug-likeness (QED) is 0.134. The molecule has 0 heterocycles. The number of esters is 1. The fourth-order valence-corrected chi connectivity index (χ4v) is 3.25. The highest BCUT2D eigenvalue weighted by atomic mass is 16.5. The van der Waals surface area contributed by atoms with Crippen molar-refractivity contribution in [2.75, 3.05) is 0 Å². The molecule has 0 fully saturated rings. The van der Waals surface area contributed by atoms with Crippen LogP contribution in [0.15, 0.2) is 12.2 Å². The van der Waals surface area contributed by atoms with E-state index in [1.165, 1.54) is 44.9 Å². The zero-order valence-electron chi connectivity index (χ0n) is 18.4.